The summed E-state index contributed by atoms with van der Waals surface area (Å²) in [5.41, 5.74) is 1.32. The summed E-state index contributed by atoms with van der Waals surface area (Å²) in [5.74, 6) is -0.000782. The number of aliphatic hydroxyl groups is 2. The van der Waals surface area contributed by atoms with Crippen LogP contribution in [0.3, 0.4) is 0 Å². The van der Waals surface area contributed by atoms with Gasteiger partial charge in [0, 0.05) is 30.5 Å². The molecule has 1 aliphatic heterocycles. The summed E-state index contributed by atoms with van der Waals surface area (Å²) in [6.45, 7) is 0.917. The summed E-state index contributed by atoms with van der Waals surface area (Å²) in [6, 6.07) is 7.13. The van der Waals surface area contributed by atoms with Gasteiger partial charge in [-0.3, -0.25) is 4.79 Å². The zero-order chi connectivity index (χ0) is 28.8. The van der Waals surface area contributed by atoms with Crippen LogP contribution in [0.1, 0.15) is 48.1 Å². The van der Waals surface area contributed by atoms with Gasteiger partial charge >= 0.3 is 6.18 Å². The summed E-state index contributed by atoms with van der Waals surface area (Å²) >= 11 is 1.16. The summed E-state index contributed by atoms with van der Waals surface area (Å²) in [7, 11) is -4.52. The fraction of sp³-hybridized carbons (Fsp3) is 0.481. The molecule has 40 heavy (non-hydrogen) atoms. The molecule has 2 heterocycles. The number of carbonyl (C=O) groups is 1. The number of halogens is 3. The molecule has 3 atom stereocenters. The number of amides is 1. The summed E-state index contributed by atoms with van der Waals surface area (Å²) in [6.07, 6.45) is -2.43. The number of hydrogen-bond donors (Lipinski definition) is 3. The highest BCUT2D eigenvalue weighted by Gasteiger charge is 2.39. The van der Waals surface area contributed by atoms with Crippen LogP contribution in [0.4, 0.5) is 13.2 Å². The van der Waals surface area contributed by atoms with Gasteiger partial charge in [-0.25, -0.2) is 13.4 Å². The van der Waals surface area contributed by atoms with Crippen LogP contribution in [0, 0.1) is 5.92 Å². The van der Waals surface area contributed by atoms with Crippen LogP contribution >= 0.6 is 11.3 Å². The Bertz CT molecular complexity index is 1510. The van der Waals surface area contributed by atoms with Crippen molar-refractivity contribution in [2.24, 2.45) is 5.92 Å². The third kappa shape index (κ3) is 5.89. The lowest BCUT2D eigenvalue weighted by atomic mass is 9.81. The Hall–Kier alpha value is -2.58. The van der Waals surface area contributed by atoms with Crippen LogP contribution < -0.4 is 4.72 Å². The topological polar surface area (TPSA) is 120 Å². The Morgan fingerprint density at radius 1 is 1.12 bits per heavy atom. The Morgan fingerprint density at radius 2 is 1.77 bits per heavy atom. The van der Waals surface area contributed by atoms with Crippen molar-refractivity contribution in [3.05, 3.63) is 47.1 Å². The van der Waals surface area contributed by atoms with E-state index in [0.717, 1.165) is 37.5 Å². The van der Waals surface area contributed by atoms with Crippen molar-refractivity contribution >= 4 is 38.0 Å². The first-order chi connectivity index (χ1) is 18.8. The van der Waals surface area contributed by atoms with Gasteiger partial charge in [-0.05, 0) is 30.7 Å². The van der Waals surface area contributed by atoms with Gasteiger partial charge < -0.3 is 15.1 Å². The van der Waals surface area contributed by atoms with Crippen molar-refractivity contribution in [1.82, 2.24) is 14.6 Å². The number of aromatic nitrogens is 1. The van der Waals surface area contributed by atoms with Gasteiger partial charge in [-0.1, -0.05) is 49.6 Å². The van der Waals surface area contributed by atoms with Crippen molar-refractivity contribution in [1.29, 1.82) is 0 Å². The molecule has 1 amide bonds. The second-order valence-corrected chi connectivity index (χ2v) is 13.3. The number of rotatable bonds is 7. The van der Waals surface area contributed by atoms with Crippen LogP contribution in [0.2, 0.25) is 0 Å². The lowest BCUT2D eigenvalue weighted by Gasteiger charge is -2.32. The monoisotopic (exact) mass is 597 g/mol. The van der Waals surface area contributed by atoms with E-state index in [0.29, 0.717) is 33.9 Å². The number of fused-ring (bicyclic) bond motifs is 1. The summed E-state index contributed by atoms with van der Waals surface area (Å²) in [4.78, 5) is 19.8. The Balaban J connectivity index is 1.57. The molecule has 8 nitrogen and oxygen atoms in total. The second-order valence-electron chi connectivity index (χ2n) is 10.6. The van der Waals surface area contributed by atoms with E-state index in [2.05, 4.69) is 4.98 Å². The predicted octanol–water partition coefficient (Wildman–Crippen LogP) is 4.10. The Morgan fingerprint density at radius 3 is 2.38 bits per heavy atom. The summed E-state index contributed by atoms with van der Waals surface area (Å²) < 4.78 is 67.2. The molecule has 2 fully saturated rings. The predicted molar refractivity (Wildman–Crippen MR) is 144 cm³/mol. The molecule has 5 rings (SSSR count). The maximum Gasteiger partial charge on any atom is 0.404 e. The number of aliphatic hydroxyl groups excluding tert-OH is 2. The van der Waals surface area contributed by atoms with Gasteiger partial charge in [0.15, 0.2) is 5.01 Å². The minimum atomic E-state index is -4.74. The van der Waals surface area contributed by atoms with Gasteiger partial charge in [-0.15, -0.1) is 11.3 Å². The SMILES string of the molecule is C[C@H](NS(=O)(=O)c1ccc(-c2sc(C(=O)N3C[C@H](O)C[C@H](O)C3)nc2CC2CCC2)c2ccccc12)C(F)(F)F. The highest BCUT2D eigenvalue weighted by Crippen LogP contribution is 2.41. The highest BCUT2D eigenvalue weighted by molar-refractivity contribution is 7.89. The number of carbonyl (C=O) groups excluding carboxylic acids is 1. The standard InChI is InChI=1S/C27H30F3N3O5S2/c1-15(27(28,29)30)32-40(37,38)23-10-9-21(19-7-2-3-8-20(19)23)24-22(11-16-5-4-6-16)31-25(39-24)26(36)33-13-17(34)12-18(35)14-33/h2-3,7-10,15-18,32,34-35H,4-6,11-14H2,1H3/t15-,17-,18+/m0/s1. The molecule has 2 aliphatic rings. The average Bonchev–Trinajstić information content (AvgIpc) is 3.27. The quantitative estimate of drug-likeness (QED) is 0.377. The number of hydrogen-bond acceptors (Lipinski definition) is 7. The number of sulfonamides is 1. The highest BCUT2D eigenvalue weighted by atomic mass is 32.2. The molecule has 0 unspecified atom stereocenters. The van der Waals surface area contributed by atoms with Crippen LogP contribution in [0.25, 0.3) is 21.2 Å². The lowest BCUT2D eigenvalue weighted by molar-refractivity contribution is -0.147. The molecular weight excluding hydrogens is 567 g/mol. The van der Waals surface area contributed by atoms with E-state index >= 15 is 0 Å². The van der Waals surface area contributed by atoms with Gasteiger partial charge in [0.1, 0.15) is 6.04 Å². The number of likely N-dealkylation sites (tertiary alicyclic amines) is 1. The molecule has 1 saturated heterocycles. The third-order valence-corrected chi connectivity index (χ3v) is 10.2. The molecule has 1 aliphatic carbocycles. The van der Waals surface area contributed by atoms with E-state index in [9.17, 15) is 36.6 Å². The number of nitrogens with one attached hydrogen (secondary N) is 1. The van der Waals surface area contributed by atoms with Crippen LogP contribution in [-0.4, -0.2) is 71.9 Å². The first-order valence-corrected chi connectivity index (χ1v) is 15.4. The molecule has 3 aromatic rings. The summed E-state index contributed by atoms with van der Waals surface area (Å²) in [5, 5.41) is 21.1. The van der Waals surface area contributed by atoms with E-state index in [4.69, 9.17) is 0 Å². The molecule has 0 bridgehead atoms. The number of nitrogens with zero attached hydrogens (tertiary/aromatic N) is 2. The van der Waals surface area contributed by atoms with Gasteiger partial charge in [0.05, 0.1) is 27.7 Å². The maximum atomic E-state index is 13.4. The first-order valence-electron chi connectivity index (χ1n) is 13.1. The molecule has 0 radical (unpaired) electrons. The molecular formula is C27H30F3N3O5S2. The fourth-order valence-corrected chi connectivity index (χ4v) is 7.72. The van der Waals surface area contributed by atoms with Crippen molar-refractivity contribution in [2.45, 2.75) is 68.3 Å². The molecule has 2 aromatic carbocycles. The minimum Gasteiger partial charge on any atom is -0.391 e. The zero-order valence-electron chi connectivity index (χ0n) is 21.7. The van der Waals surface area contributed by atoms with Crippen molar-refractivity contribution < 1.29 is 36.6 Å². The second kappa shape index (κ2) is 11.0. The molecule has 216 valence electrons. The zero-order valence-corrected chi connectivity index (χ0v) is 23.3. The van der Waals surface area contributed by atoms with Crippen molar-refractivity contribution in [3.8, 4) is 10.4 Å². The number of β-amino-alcohol motifs (C(OH)–C–C–N with tert-alkyl or cyclic N) is 2. The molecule has 3 N–H and O–H groups in total. The fourth-order valence-electron chi connectivity index (χ4n) is 5.18. The van der Waals surface area contributed by atoms with E-state index in [1.165, 1.54) is 11.0 Å². The molecule has 13 heteroatoms. The van der Waals surface area contributed by atoms with Crippen LogP contribution in [0.15, 0.2) is 41.3 Å². The van der Waals surface area contributed by atoms with Gasteiger partial charge in [0.2, 0.25) is 10.0 Å². The normalized spacial score (nSPS) is 21.4. The van der Waals surface area contributed by atoms with Gasteiger partial charge in [-0.2, -0.15) is 17.9 Å². The van der Waals surface area contributed by atoms with E-state index in [1.807, 2.05) is 0 Å². The average molecular weight is 598 g/mol. The third-order valence-electron chi connectivity index (χ3n) is 7.52. The van der Waals surface area contributed by atoms with Crippen LogP contribution in [-0.2, 0) is 16.4 Å². The number of alkyl halides is 3. The molecule has 0 spiro atoms. The first kappa shape index (κ1) is 28.9. The Kier molecular flexibility index (Phi) is 7.96. The van der Waals surface area contributed by atoms with Crippen molar-refractivity contribution in [2.75, 3.05) is 13.1 Å². The smallest absolute Gasteiger partial charge is 0.391 e. The molecule has 1 aromatic heterocycles. The Labute approximate surface area is 233 Å². The van der Waals surface area contributed by atoms with Crippen LogP contribution in [0.5, 0.6) is 0 Å². The van der Waals surface area contributed by atoms with E-state index in [1.54, 1.807) is 35.1 Å². The van der Waals surface area contributed by atoms with E-state index < -0.39 is 40.4 Å². The molecule has 1 saturated carbocycles. The number of thiazole rings is 1. The van der Waals surface area contributed by atoms with E-state index in [-0.39, 0.29) is 34.8 Å². The maximum absolute atomic E-state index is 13.4. The van der Waals surface area contributed by atoms with Crippen molar-refractivity contribution in [3.63, 3.8) is 0 Å². The minimum absolute atomic E-state index is 0.0849. The van der Waals surface area contributed by atoms with Gasteiger partial charge in [0.25, 0.3) is 5.91 Å². The lowest BCUT2D eigenvalue weighted by Crippen LogP contribution is -2.48. The number of benzene rings is 2. The largest absolute Gasteiger partial charge is 0.404 e. The number of piperidine rings is 1.